The Morgan fingerprint density at radius 2 is 1.69 bits per heavy atom. The van der Waals surface area contributed by atoms with Gasteiger partial charge in [-0.3, -0.25) is 19.2 Å². The number of hydrogen-bond donors (Lipinski definition) is 2. The fraction of sp³-hybridized carbons (Fsp3) is 0.407. The van der Waals surface area contributed by atoms with Gasteiger partial charge in [-0.25, -0.2) is 0 Å². The molecule has 8 nitrogen and oxygen atoms in total. The van der Waals surface area contributed by atoms with Crippen molar-refractivity contribution in [3.63, 3.8) is 0 Å². The fourth-order valence-electron chi connectivity index (χ4n) is 5.38. The highest BCUT2D eigenvalue weighted by molar-refractivity contribution is 5.79. The van der Waals surface area contributed by atoms with E-state index in [1.54, 1.807) is 0 Å². The summed E-state index contributed by atoms with van der Waals surface area (Å²) in [4.78, 5) is 26.1. The fourth-order valence-corrected chi connectivity index (χ4v) is 5.38. The number of nitrogens with zero attached hydrogens (tertiary/aromatic N) is 4. The molecule has 3 fully saturated rings. The Morgan fingerprint density at radius 3 is 2.40 bits per heavy atom. The van der Waals surface area contributed by atoms with Crippen LogP contribution in [0.3, 0.4) is 0 Å². The minimum absolute atomic E-state index is 0.0202. The van der Waals surface area contributed by atoms with Crippen molar-refractivity contribution >= 4 is 11.8 Å². The van der Waals surface area contributed by atoms with Crippen molar-refractivity contribution in [2.24, 2.45) is 11.8 Å². The van der Waals surface area contributed by atoms with Gasteiger partial charge in [-0.15, -0.1) is 5.10 Å². The molecule has 35 heavy (non-hydrogen) atoms. The van der Waals surface area contributed by atoms with E-state index in [2.05, 4.69) is 62.2 Å². The van der Waals surface area contributed by atoms with Gasteiger partial charge < -0.3 is 10.6 Å². The maximum atomic E-state index is 12.7. The van der Waals surface area contributed by atoms with Crippen LogP contribution in [0.5, 0.6) is 0 Å². The van der Waals surface area contributed by atoms with E-state index < -0.39 is 0 Å². The number of amides is 2. The third-order valence-corrected chi connectivity index (χ3v) is 7.24. The summed E-state index contributed by atoms with van der Waals surface area (Å²) in [5, 5.41) is 14.5. The van der Waals surface area contributed by atoms with Gasteiger partial charge in [0.05, 0.1) is 18.7 Å². The van der Waals surface area contributed by atoms with Gasteiger partial charge in [-0.1, -0.05) is 59.8 Å². The molecule has 1 aromatic heterocycles. The molecule has 8 heteroatoms. The highest BCUT2D eigenvalue weighted by atomic mass is 16.2. The Labute approximate surface area is 205 Å². The van der Waals surface area contributed by atoms with E-state index in [9.17, 15) is 9.59 Å². The smallest absolute Gasteiger partial charge is 0.224 e. The molecule has 2 bridgehead atoms. The van der Waals surface area contributed by atoms with E-state index >= 15 is 0 Å². The zero-order chi connectivity index (χ0) is 24.2. The monoisotopic (exact) mass is 472 g/mol. The van der Waals surface area contributed by atoms with Crippen LogP contribution in [0, 0.1) is 11.8 Å². The molecule has 182 valence electrons. The quantitative estimate of drug-likeness (QED) is 0.492. The van der Waals surface area contributed by atoms with Gasteiger partial charge in [0.2, 0.25) is 11.8 Å². The van der Waals surface area contributed by atoms with Crippen molar-refractivity contribution in [1.82, 2.24) is 30.5 Å². The van der Waals surface area contributed by atoms with Crippen LogP contribution in [0.1, 0.15) is 19.8 Å². The van der Waals surface area contributed by atoms with Crippen LogP contribution in [-0.2, 0) is 16.1 Å². The Hall–Kier alpha value is -3.52. The first-order chi connectivity index (χ1) is 17.1. The first-order valence-corrected chi connectivity index (χ1v) is 12.4. The number of nitrogens with one attached hydrogen (secondary N) is 2. The maximum absolute atomic E-state index is 12.7. The third kappa shape index (κ3) is 5.43. The largest absolute Gasteiger partial charge is 0.355 e. The average Bonchev–Trinajstić information content (AvgIpc) is 3.36. The van der Waals surface area contributed by atoms with Crippen LogP contribution in [0.4, 0.5) is 0 Å². The summed E-state index contributed by atoms with van der Waals surface area (Å²) in [5.74, 6) is 0.432. The molecule has 3 saturated heterocycles. The highest BCUT2D eigenvalue weighted by Gasteiger charge is 2.43. The van der Waals surface area contributed by atoms with Gasteiger partial charge in [0.15, 0.2) is 0 Å². The van der Waals surface area contributed by atoms with Crippen LogP contribution in [0.25, 0.3) is 22.4 Å². The minimum Gasteiger partial charge on any atom is -0.355 e. The molecular formula is C27H32N6O2. The topological polar surface area (TPSA) is 92.2 Å². The Bertz CT molecular complexity index is 1160. The molecule has 0 aliphatic carbocycles. The summed E-state index contributed by atoms with van der Waals surface area (Å²) >= 11 is 0. The second-order valence-corrected chi connectivity index (χ2v) is 9.58. The summed E-state index contributed by atoms with van der Waals surface area (Å²) in [5.41, 5.74) is 4.31. The van der Waals surface area contributed by atoms with Crippen LogP contribution in [0.15, 0.2) is 60.8 Å². The molecule has 3 aliphatic rings. The van der Waals surface area contributed by atoms with Crippen molar-refractivity contribution in [3.05, 3.63) is 60.8 Å². The van der Waals surface area contributed by atoms with E-state index in [0.29, 0.717) is 25.0 Å². The molecule has 2 N–H and O–H groups in total. The van der Waals surface area contributed by atoms with Gasteiger partial charge >= 0.3 is 0 Å². The second-order valence-electron chi connectivity index (χ2n) is 9.58. The number of rotatable bonds is 8. The lowest BCUT2D eigenvalue weighted by Gasteiger charge is -2.49. The Kier molecular flexibility index (Phi) is 6.90. The summed E-state index contributed by atoms with van der Waals surface area (Å²) in [6.45, 7) is 5.00. The maximum Gasteiger partial charge on any atom is 0.224 e. The zero-order valence-electron chi connectivity index (χ0n) is 20.1. The van der Waals surface area contributed by atoms with Crippen molar-refractivity contribution in [1.29, 1.82) is 0 Å². The highest BCUT2D eigenvalue weighted by Crippen LogP contribution is 2.37. The number of carbonyl (C=O) groups excluding carboxylic acids is 2. The van der Waals surface area contributed by atoms with Crippen molar-refractivity contribution < 1.29 is 9.59 Å². The van der Waals surface area contributed by atoms with Gasteiger partial charge in [0, 0.05) is 38.2 Å². The number of piperidine rings is 3. The Morgan fingerprint density at radius 1 is 0.971 bits per heavy atom. The zero-order valence-corrected chi connectivity index (χ0v) is 20.1. The normalized spacial score (nSPS) is 23.1. The van der Waals surface area contributed by atoms with E-state index in [1.165, 1.54) is 18.1 Å². The Balaban J connectivity index is 1.16. The van der Waals surface area contributed by atoms with Gasteiger partial charge in [-0.05, 0) is 36.4 Å². The van der Waals surface area contributed by atoms with Gasteiger partial charge in [0.1, 0.15) is 5.69 Å². The minimum atomic E-state index is -0.0783. The van der Waals surface area contributed by atoms with Crippen LogP contribution in [-0.4, -0.2) is 63.9 Å². The van der Waals surface area contributed by atoms with Crippen molar-refractivity contribution in [3.8, 4) is 22.4 Å². The molecule has 4 heterocycles. The molecule has 3 aromatic rings. The average molecular weight is 473 g/mol. The van der Waals surface area contributed by atoms with Crippen molar-refractivity contribution in [2.45, 2.75) is 32.4 Å². The molecule has 6 rings (SSSR count). The standard InChI is InChI=1S/C27H32N6O2/c1-19(34)28-12-13-29-27(35)25-17-32-14-11-23(25)15-24(32)16-33-18-26(30-31-33)22-9-7-21(8-10-22)20-5-3-2-4-6-20/h2-10,18,23-25H,11-17H2,1H3,(H,28,34)(H,29,35)/t23-,24+,25-/m0/s1. The van der Waals surface area contributed by atoms with Gasteiger partial charge in [-0.2, -0.15) is 0 Å². The number of hydrogen-bond acceptors (Lipinski definition) is 5. The first-order valence-electron chi connectivity index (χ1n) is 12.4. The molecule has 0 spiro atoms. The van der Waals surface area contributed by atoms with Crippen LogP contribution >= 0.6 is 0 Å². The lowest BCUT2D eigenvalue weighted by molar-refractivity contribution is -0.133. The van der Waals surface area contributed by atoms with E-state index in [4.69, 9.17) is 0 Å². The number of aromatic nitrogens is 3. The SMILES string of the molecule is CC(=O)NCCNC(=O)[C@H]1CN2CC[C@H]1C[C@@H]2Cn1cc(-c2ccc(-c3ccccc3)cc2)nn1. The summed E-state index contributed by atoms with van der Waals surface area (Å²) in [7, 11) is 0. The third-order valence-electron chi connectivity index (χ3n) is 7.24. The first kappa shape index (κ1) is 23.2. The molecule has 2 amide bonds. The van der Waals surface area contributed by atoms with E-state index in [1.807, 2.05) is 29.1 Å². The summed E-state index contributed by atoms with van der Waals surface area (Å²) in [6.07, 6.45) is 4.06. The lowest BCUT2D eigenvalue weighted by Crippen LogP contribution is -2.58. The number of carbonyl (C=O) groups is 2. The molecule has 3 aliphatic heterocycles. The number of benzene rings is 2. The molecular weight excluding hydrogens is 440 g/mol. The summed E-state index contributed by atoms with van der Waals surface area (Å²) in [6, 6.07) is 19.1. The molecule has 1 unspecified atom stereocenters. The molecule has 2 aromatic carbocycles. The van der Waals surface area contributed by atoms with Crippen LogP contribution in [0.2, 0.25) is 0 Å². The molecule has 0 saturated carbocycles. The molecule has 4 atom stereocenters. The van der Waals surface area contributed by atoms with Crippen LogP contribution < -0.4 is 10.6 Å². The van der Waals surface area contributed by atoms with Crippen molar-refractivity contribution in [2.75, 3.05) is 26.2 Å². The predicted octanol–water partition coefficient (Wildman–Crippen LogP) is 2.57. The van der Waals surface area contributed by atoms with Gasteiger partial charge in [0.25, 0.3) is 0 Å². The predicted molar refractivity (Wildman–Crippen MR) is 134 cm³/mol. The van der Waals surface area contributed by atoms with E-state index in [0.717, 1.165) is 43.7 Å². The lowest BCUT2D eigenvalue weighted by atomic mass is 9.75. The van der Waals surface area contributed by atoms with E-state index in [-0.39, 0.29) is 17.7 Å². The summed E-state index contributed by atoms with van der Waals surface area (Å²) < 4.78 is 1.94. The molecule has 0 radical (unpaired) electrons. The second kappa shape index (κ2) is 10.4. The number of fused-ring (bicyclic) bond motifs is 3.